The molecule has 96 valence electrons. The zero-order chi connectivity index (χ0) is 14.0. The molecule has 0 atom stereocenters. The summed E-state index contributed by atoms with van der Waals surface area (Å²) in [7, 11) is 1.12. The van der Waals surface area contributed by atoms with E-state index >= 15 is 0 Å². The van der Waals surface area contributed by atoms with Crippen LogP contribution in [0.25, 0.3) is 21.3 Å². The molecule has 2 aromatic rings. The van der Waals surface area contributed by atoms with Crippen LogP contribution in [0.2, 0.25) is 0 Å². The van der Waals surface area contributed by atoms with Gasteiger partial charge >= 0.3 is 5.97 Å². The van der Waals surface area contributed by atoms with Crippen LogP contribution in [-0.4, -0.2) is 18.1 Å². The maximum Gasteiger partial charge on any atom is 0.339 e. The van der Waals surface area contributed by atoms with Crippen molar-refractivity contribution in [3.63, 3.8) is 0 Å². The molecule has 0 aliphatic carbocycles. The first kappa shape index (κ1) is 12.7. The van der Waals surface area contributed by atoms with Gasteiger partial charge in [0.15, 0.2) is 5.82 Å². The van der Waals surface area contributed by atoms with E-state index in [-0.39, 0.29) is 22.2 Å². The molecule has 19 heavy (non-hydrogen) atoms. The molecule has 0 saturated heterocycles. The van der Waals surface area contributed by atoms with Gasteiger partial charge in [-0.3, -0.25) is 4.98 Å². The Balaban J connectivity index is 2.91. The summed E-state index contributed by atoms with van der Waals surface area (Å²) in [6.07, 6.45) is 1.01. The predicted molar refractivity (Wildman–Crippen MR) is 61.8 cm³/mol. The zero-order valence-corrected chi connectivity index (χ0v) is 9.59. The topological polar surface area (TPSA) is 88.0 Å². The second-order valence-corrected chi connectivity index (χ2v) is 3.49. The molecule has 1 heterocycles. The lowest BCUT2D eigenvalue weighted by atomic mass is 10.1. The normalized spacial score (nSPS) is 10.1. The molecule has 8 heteroatoms. The molecular formula is C11H6F2N4O2. The molecule has 0 N–H and O–H groups in total. The number of esters is 1. The van der Waals surface area contributed by atoms with Gasteiger partial charge in [0.2, 0.25) is 0 Å². The number of hydrogen-bond donors (Lipinski definition) is 0. The van der Waals surface area contributed by atoms with Crippen LogP contribution in [0.15, 0.2) is 23.4 Å². The molecular weight excluding hydrogens is 258 g/mol. The molecule has 2 rings (SSSR count). The van der Waals surface area contributed by atoms with Gasteiger partial charge in [-0.2, -0.15) is 0 Å². The van der Waals surface area contributed by atoms with Crippen LogP contribution in [0.4, 0.5) is 14.5 Å². The third kappa shape index (κ3) is 2.16. The van der Waals surface area contributed by atoms with Gasteiger partial charge < -0.3 is 4.74 Å². The number of methoxy groups -OCH3 is 1. The Labute approximate surface area is 105 Å². The molecule has 0 unspecified atom stereocenters. The van der Waals surface area contributed by atoms with Crippen LogP contribution >= 0.6 is 0 Å². The summed E-state index contributed by atoms with van der Waals surface area (Å²) in [5, 5.41) is 3.19. The van der Waals surface area contributed by atoms with Crippen LogP contribution in [0.1, 0.15) is 10.4 Å². The van der Waals surface area contributed by atoms with Crippen molar-refractivity contribution in [2.45, 2.75) is 0 Å². The first-order valence-electron chi connectivity index (χ1n) is 4.99. The fourth-order valence-corrected chi connectivity index (χ4v) is 1.62. The van der Waals surface area contributed by atoms with Crippen molar-refractivity contribution in [3.05, 3.63) is 46.0 Å². The van der Waals surface area contributed by atoms with Crippen molar-refractivity contribution in [1.82, 2.24) is 4.98 Å². The minimum Gasteiger partial charge on any atom is -0.465 e. The number of carbonyl (C=O) groups is 1. The van der Waals surface area contributed by atoms with Crippen LogP contribution in [0.5, 0.6) is 0 Å². The highest BCUT2D eigenvalue weighted by atomic mass is 19.1. The molecule has 0 bridgehead atoms. The molecule has 0 saturated carbocycles. The summed E-state index contributed by atoms with van der Waals surface area (Å²) >= 11 is 0. The monoisotopic (exact) mass is 264 g/mol. The van der Waals surface area contributed by atoms with E-state index < -0.39 is 17.6 Å². The Morgan fingerprint density at radius 3 is 2.84 bits per heavy atom. The van der Waals surface area contributed by atoms with Crippen LogP contribution in [-0.2, 0) is 4.74 Å². The number of fused-ring (bicyclic) bond motifs is 1. The summed E-state index contributed by atoms with van der Waals surface area (Å²) < 4.78 is 31.2. The van der Waals surface area contributed by atoms with Gasteiger partial charge in [-0.25, -0.2) is 13.6 Å². The molecule has 0 radical (unpaired) electrons. The molecule has 0 fully saturated rings. The quantitative estimate of drug-likeness (QED) is 0.361. The number of hydrogen-bond acceptors (Lipinski definition) is 4. The number of rotatable bonds is 2. The second-order valence-electron chi connectivity index (χ2n) is 3.49. The van der Waals surface area contributed by atoms with Gasteiger partial charge in [0, 0.05) is 22.6 Å². The average Bonchev–Trinajstić information content (AvgIpc) is 2.38. The minimum absolute atomic E-state index is 0.0989. The van der Waals surface area contributed by atoms with Gasteiger partial charge in [-0.15, -0.1) is 0 Å². The number of pyridine rings is 1. The van der Waals surface area contributed by atoms with E-state index in [1.54, 1.807) is 0 Å². The second kappa shape index (κ2) is 4.87. The third-order valence-corrected chi connectivity index (χ3v) is 2.41. The molecule has 1 aromatic heterocycles. The van der Waals surface area contributed by atoms with E-state index in [1.807, 2.05) is 0 Å². The van der Waals surface area contributed by atoms with E-state index in [0.29, 0.717) is 6.07 Å². The van der Waals surface area contributed by atoms with Crippen molar-refractivity contribution in [2.75, 3.05) is 7.11 Å². The number of ether oxygens (including phenoxy) is 1. The van der Waals surface area contributed by atoms with Crippen LogP contribution < -0.4 is 0 Å². The van der Waals surface area contributed by atoms with Crippen LogP contribution in [0, 0.1) is 11.6 Å². The van der Waals surface area contributed by atoms with E-state index in [1.165, 1.54) is 0 Å². The first-order valence-corrected chi connectivity index (χ1v) is 4.99. The Kier molecular flexibility index (Phi) is 3.26. The summed E-state index contributed by atoms with van der Waals surface area (Å²) in [6, 6.07) is 1.58. The minimum atomic E-state index is -0.916. The smallest absolute Gasteiger partial charge is 0.339 e. The van der Waals surface area contributed by atoms with Gasteiger partial charge in [0.05, 0.1) is 18.4 Å². The number of benzene rings is 1. The van der Waals surface area contributed by atoms with Crippen molar-refractivity contribution < 1.29 is 18.3 Å². The Bertz CT molecular complexity index is 726. The largest absolute Gasteiger partial charge is 0.465 e. The summed E-state index contributed by atoms with van der Waals surface area (Å²) in [5.41, 5.74) is 7.90. The number of aromatic nitrogens is 1. The maximum absolute atomic E-state index is 13.5. The SMILES string of the molecule is COC(=O)c1cnc2c(F)cc(F)cc2c1N=[N+]=[N-]. The van der Waals surface area contributed by atoms with E-state index in [0.717, 1.165) is 19.4 Å². The number of halogens is 2. The fraction of sp³-hybridized carbons (Fsp3) is 0.0909. The molecule has 6 nitrogen and oxygen atoms in total. The zero-order valence-electron chi connectivity index (χ0n) is 9.59. The maximum atomic E-state index is 13.5. The Hall–Kier alpha value is -2.73. The molecule has 0 amide bonds. The highest BCUT2D eigenvalue weighted by molar-refractivity contribution is 6.03. The number of nitrogens with zero attached hydrogens (tertiary/aromatic N) is 4. The first-order chi connectivity index (χ1) is 9.08. The van der Waals surface area contributed by atoms with Crippen molar-refractivity contribution in [2.24, 2.45) is 5.11 Å². The van der Waals surface area contributed by atoms with Crippen LogP contribution in [0.3, 0.4) is 0 Å². The fourth-order valence-electron chi connectivity index (χ4n) is 1.62. The highest BCUT2D eigenvalue weighted by Gasteiger charge is 2.17. The molecule has 0 aliphatic heterocycles. The van der Waals surface area contributed by atoms with Crippen molar-refractivity contribution in [3.8, 4) is 0 Å². The molecule has 0 aliphatic rings. The van der Waals surface area contributed by atoms with Crippen molar-refractivity contribution >= 4 is 22.6 Å². The Morgan fingerprint density at radius 2 is 2.21 bits per heavy atom. The summed E-state index contributed by atoms with van der Waals surface area (Å²) in [5.74, 6) is -2.61. The highest BCUT2D eigenvalue weighted by Crippen LogP contribution is 2.31. The molecule has 0 spiro atoms. The number of carbonyl (C=O) groups excluding carboxylic acids is 1. The van der Waals surface area contributed by atoms with E-state index in [2.05, 4.69) is 19.7 Å². The van der Waals surface area contributed by atoms with E-state index in [4.69, 9.17) is 5.53 Å². The van der Waals surface area contributed by atoms with Gasteiger partial charge in [-0.05, 0) is 11.6 Å². The van der Waals surface area contributed by atoms with E-state index in [9.17, 15) is 13.6 Å². The number of azide groups is 1. The average molecular weight is 264 g/mol. The lowest BCUT2D eigenvalue weighted by Gasteiger charge is -2.07. The van der Waals surface area contributed by atoms with Gasteiger partial charge in [-0.1, -0.05) is 5.11 Å². The molecule has 1 aromatic carbocycles. The van der Waals surface area contributed by atoms with Gasteiger partial charge in [0.25, 0.3) is 0 Å². The predicted octanol–water partition coefficient (Wildman–Crippen LogP) is 3.24. The standard InChI is InChI=1S/C11H6F2N4O2/c1-19-11(18)7-4-15-10-6(9(7)16-17-14)2-5(12)3-8(10)13/h2-4H,1H3. The third-order valence-electron chi connectivity index (χ3n) is 2.41. The summed E-state index contributed by atoms with van der Waals surface area (Å²) in [4.78, 5) is 17.7. The lowest BCUT2D eigenvalue weighted by molar-refractivity contribution is 0.0601. The van der Waals surface area contributed by atoms with Crippen molar-refractivity contribution in [1.29, 1.82) is 0 Å². The summed E-state index contributed by atoms with van der Waals surface area (Å²) in [6.45, 7) is 0. The van der Waals surface area contributed by atoms with Gasteiger partial charge in [0.1, 0.15) is 11.3 Å². The Morgan fingerprint density at radius 1 is 1.47 bits per heavy atom. The lowest BCUT2D eigenvalue weighted by Crippen LogP contribution is -2.03.